The Labute approximate surface area is 377 Å². The summed E-state index contributed by atoms with van der Waals surface area (Å²) in [6.45, 7) is 10.3. The summed E-state index contributed by atoms with van der Waals surface area (Å²) >= 11 is 0. The van der Waals surface area contributed by atoms with Crippen molar-refractivity contribution in [2.75, 3.05) is 64.2 Å². The van der Waals surface area contributed by atoms with Crippen LogP contribution in [0, 0.1) is 0 Å². The molecule has 0 saturated carbocycles. The quantitative estimate of drug-likeness (QED) is 0.0488. The van der Waals surface area contributed by atoms with Crippen molar-refractivity contribution < 1.29 is 88.7 Å². The third kappa shape index (κ3) is 32.1. The molecule has 0 unspecified atom stereocenters. The van der Waals surface area contributed by atoms with Crippen molar-refractivity contribution >= 4 is 69.3 Å². The third-order valence-corrected chi connectivity index (χ3v) is 10.6. The zero-order chi connectivity index (χ0) is 48.1. The Balaban J connectivity index is 0.00000135. The van der Waals surface area contributed by atoms with Crippen molar-refractivity contribution in [3.63, 3.8) is 0 Å². The molecule has 358 valence electrons. The third-order valence-electron chi connectivity index (χ3n) is 8.23. The van der Waals surface area contributed by atoms with Gasteiger partial charge in [-0.1, -0.05) is 83.7 Å². The van der Waals surface area contributed by atoms with Gasteiger partial charge in [0.1, 0.15) is 25.0 Å². The highest BCUT2D eigenvalue weighted by atomic mass is 33.1. The first kappa shape index (κ1) is 58.3. The van der Waals surface area contributed by atoms with Crippen molar-refractivity contribution in [2.45, 2.75) is 64.5 Å². The number of fused-ring (bicyclic) bond motifs is 2. The molecule has 2 aromatic rings. The van der Waals surface area contributed by atoms with E-state index in [0.29, 0.717) is 0 Å². The van der Waals surface area contributed by atoms with Crippen LogP contribution in [-0.2, 0) is 51.4 Å². The first-order valence-electron chi connectivity index (χ1n) is 19.8. The topological polar surface area (TPSA) is 347 Å². The summed E-state index contributed by atoms with van der Waals surface area (Å²) in [4.78, 5) is 77.6. The Bertz CT molecular complexity index is 1520. The van der Waals surface area contributed by atoms with Gasteiger partial charge in [0.05, 0.1) is 0 Å². The van der Waals surface area contributed by atoms with Gasteiger partial charge in [0.2, 0.25) is 0 Å². The Morgan fingerprint density at radius 3 is 1.05 bits per heavy atom. The number of unbranched alkanes of at least 4 members (excludes halogenated alkanes) is 6. The van der Waals surface area contributed by atoms with E-state index in [1.54, 1.807) is 0 Å². The van der Waals surface area contributed by atoms with Crippen LogP contribution in [0.3, 0.4) is 0 Å². The molecule has 24 heteroatoms. The molecule has 0 aliphatic carbocycles. The van der Waals surface area contributed by atoms with Crippen LogP contribution in [0.5, 0.6) is 11.5 Å². The van der Waals surface area contributed by atoms with Crippen LogP contribution >= 0.6 is 21.6 Å². The normalized spacial score (nSPS) is 12.3. The van der Waals surface area contributed by atoms with Gasteiger partial charge in [0, 0.05) is 61.9 Å². The van der Waals surface area contributed by atoms with Crippen molar-refractivity contribution in [2.24, 2.45) is 0 Å². The number of nitrogens with one attached hydrogen (secondary N) is 2. The van der Waals surface area contributed by atoms with Crippen LogP contribution in [0.1, 0.15) is 62.5 Å². The molecule has 0 amide bonds. The first-order chi connectivity index (χ1) is 30.5. The molecular formula is C40H58N4O18S2. The minimum absolute atomic E-state index is 0.733. The van der Waals surface area contributed by atoms with Crippen molar-refractivity contribution in [1.29, 1.82) is 0 Å². The van der Waals surface area contributed by atoms with Crippen molar-refractivity contribution in [3.05, 3.63) is 59.7 Å². The van der Waals surface area contributed by atoms with Crippen molar-refractivity contribution in [1.82, 2.24) is 20.4 Å². The minimum atomic E-state index is -1.82. The molecule has 0 radical (unpaired) electrons. The minimum Gasteiger partial charge on any atom is -0.478 e. The number of ether oxygens (including phenoxy) is 2. The van der Waals surface area contributed by atoms with E-state index in [9.17, 15) is 0 Å². The van der Waals surface area contributed by atoms with E-state index in [1.165, 1.54) is 74.0 Å². The van der Waals surface area contributed by atoms with E-state index >= 15 is 0 Å². The summed E-state index contributed by atoms with van der Waals surface area (Å²) in [5.41, 5.74) is 2.64. The average molecular weight is 947 g/mol. The van der Waals surface area contributed by atoms with E-state index in [-0.39, 0.29) is 0 Å². The molecule has 10 N–H and O–H groups in total. The Hall–Kier alpha value is -5.66. The molecule has 0 bridgehead atoms. The van der Waals surface area contributed by atoms with Crippen LogP contribution in [-0.4, -0.2) is 163 Å². The molecule has 0 aromatic heterocycles. The molecule has 0 spiro atoms. The molecule has 22 nitrogen and oxygen atoms in total. The number of carboxylic acid groups (broad SMARTS) is 8. The number of rotatable bonds is 21. The predicted molar refractivity (Wildman–Crippen MR) is 233 cm³/mol. The first-order valence-corrected chi connectivity index (χ1v) is 22.3. The second-order valence-electron chi connectivity index (χ2n) is 13.3. The highest BCUT2D eigenvalue weighted by Crippen LogP contribution is 2.25. The van der Waals surface area contributed by atoms with Crippen molar-refractivity contribution in [3.8, 4) is 11.5 Å². The second kappa shape index (κ2) is 36.8. The van der Waals surface area contributed by atoms with Crippen LogP contribution < -0.4 is 20.1 Å². The van der Waals surface area contributed by atoms with Gasteiger partial charge in [0.25, 0.3) is 0 Å². The van der Waals surface area contributed by atoms with Crippen LogP contribution in [0.25, 0.3) is 0 Å². The summed E-state index contributed by atoms with van der Waals surface area (Å²) in [5, 5.41) is 66.3. The van der Waals surface area contributed by atoms with E-state index < -0.39 is 47.8 Å². The molecule has 2 aliphatic rings. The zero-order valence-corrected chi connectivity index (χ0v) is 36.8. The Kier molecular flexibility index (Phi) is 33.5. The zero-order valence-electron chi connectivity index (χ0n) is 35.1. The van der Waals surface area contributed by atoms with Gasteiger partial charge >= 0.3 is 47.8 Å². The van der Waals surface area contributed by atoms with E-state index in [1.807, 2.05) is 21.6 Å². The maximum atomic E-state index is 9.10. The lowest BCUT2D eigenvalue weighted by molar-refractivity contribution is -0.159. The standard InChI is InChI=1S/C32H50N4O2S2.4C2H2O4/c1(3-11-21-35-25-29-13-5-7-15-31(29)37-27-35)9-17-33-19-23-39-40-24-20-34-18-10-2-4-12-22-36-26-30-14-6-8-16-32(30)38-28-36;4*3-1(4)2(5)6/h5-8,13-16,33-34H,1-4,9-12,17-28H2;4*(H,3,4)(H,5,6). The summed E-state index contributed by atoms with van der Waals surface area (Å²) in [5.74, 6) is -10.1. The number of carbonyl (C=O) groups is 8. The van der Waals surface area contributed by atoms with E-state index in [4.69, 9.17) is 88.7 Å². The number of nitrogens with zero attached hydrogens (tertiary/aromatic N) is 2. The van der Waals surface area contributed by atoms with Crippen LogP contribution in [0.4, 0.5) is 0 Å². The number of benzene rings is 2. The van der Waals surface area contributed by atoms with Gasteiger partial charge in [-0.3, -0.25) is 9.80 Å². The SMILES string of the molecule is O=C(O)C(=O)O.O=C(O)C(=O)O.O=C(O)C(=O)O.O=C(O)C(=O)O.c1ccc2c(c1)CN(CCCCCCNCCSSCCNCCCCCCN1COc3ccccc3C1)CO2. The molecule has 2 aromatic carbocycles. The largest absolute Gasteiger partial charge is 0.478 e. The van der Waals surface area contributed by atoms with Crippen LogP contribution in [0.2, 0.25) is 0 Å². The smallest absolute Gasteiger partial charge is 0.414 e. The average Bonchev–Trinajstić information content (AvgIpc) is 3.26. The highest BCUT2D eigenvalue weighted by Gasteiger charge is 2.17. The molecule has 64 heavy (non-hydrogen) atoms. The van der Waals surface area contributed by atoms with Crippen LogP contribution in [0.15, 0.2) is 48.5 Å². The maximum Gasteiger partial charge on any atom is 0.414 e. The Morgan fingerprint density at radius 1 is 0.438 bits per heavy atom. The van der Waals surface area contributed by atoms with Gasteiger partial charge in [-0.15, -0.1) is 0 Å². The lowest BCUT2D eigenvalue weighted by Crippen LogP contribution is -2.32. The number of para-hydroxylation sites is 2. The van der Waals surface area contributed by atoms with Gasteiger partial charge < -0.3 is 61.0 Å². The fraction of sp³-hybridized carbons (Fsp3) is 0.500. The van der Waals surface area contributed by atoms with Gasteiger partial charge in [-0.05, 0) is 50.9 Å². The van der Waals surface area contributed by atoms with Gasteiger partial charge in [-0.2, -0.15) is 0 Å². The lowest BCUT2D eigenvalue weighted by atomic mass is 10.1. The molecular weight excluding hydrogens is 889 g/mol. The number of hydrogen-bond acceptors (Lipinski definition) is 16. The summed E-state index contributed by atoms with van der Waals surface area (Å²) in [7, 11) is 4.00. The molecule has 2 heterocycles. The van der Waals surface area contributed by atoms with E-state index in [2.05, 4.69) is 69.0 Å². The van der Waals surface area contributed by atoms with Gasteiger partial charge in [0.15, 0.2) is 0 Å². The fourth-order valence-corrected chi connectivity index (χ4v) is 7.10. The van der Waals surface area contributed by atoms with E-state index in [0.717, 1.165) is 77.3 Å². The lowest BCUT2D eigenvalue weighted by Gasteiger charge is -2.28. The number of hydrogen-bond donors (Lipinski definition) is 10. The highest BCUT2D eigenvalue weighted by molar-refractivity contribution is 8.76. The summed E-state index contributed by atoms with van der Waals surface area (Å²) in [6.07, 6.45) is 10.3. The fourth-order valence-electron chi connectivity index (χ4n) is 5.21. The maximum absolute atomic E-state index is 9.10. The molecule has 2 aliphatic heterocycles. The monoisotopic (exact) mass is 946 g/mol. The predicted octanol–water partition coefficient (Wildman–Crippen LogP) is 2.99. The van der Waals surface area contributed by atoms with Gasteiger partial charge in [-0.25, -0.2) is 38.4 Å². The molecule has 0 fully saturated rings. The number of aliphatic carboxylic acids is 8. The second-order valence-corrected chi connectivity index (χ2v) is 16.0. The molecule has 0 atom stereocenters. The molecule has 0 saturated heterocycles. The molecule has 4 rings (SSSR count). The summed E-state index contributed by atoms with van der Waals surface area (Å²) < 4.78 is 11.7. The summed E-state index contributed by atoms with van der Waals surface area (Å²) in [6, 6.07) is 16.8. The number of carboxylic acids is 8. The Morgan fingerprint density at radius 2 is 0.734 bits per heavy atom.